The summed E-state index contributed by atoms with van der Waals surface area (Å²) in [5.41, 5.74) is 5.80. The predicted octanol–water partition coefficient (Wildman–Crippen LogP) is 3.10. The molecule has 0 aromatic carbocycles. The van der Waals surface area contributed by atoms with E-state index in [9.17, 15) is 4.79 Å². The zero-order valence-electron chi connectivity index (χ0n) is 10.2. The van der Waals surface area contributed by atoms with Gasteiger partial charge in [-0.15, -0.1) is 11.3 Å². The third-order valence-electron chi connectivity index (χ3n) is 2.58. The monoisotopic (exact) mass is 274 g/mol. The van der Waals surface area contributed by atoms with Crippen molar-refractivity contribution in [2.45, 2.75) is 45.2 Å². The highest BCUT2D eigenvalue weighted by Crippen LogP contribution is 2.26. The van der Waals surface area contributed by atoms with Gasteiger partial charge in [0.15, 0.2) is 0 Å². The molecule has 1 rings (SSSR count). The molecule has 0 bridgehead atoms. The van der Waals surface area contributed by atoms with Gasteiger partial charge in [-0.3, -0.25) is 4.79 Å². The van der Waals surface area contributed by atoms with Crippen LogP contribution in [0.1, 0.15) is 44.0 Å². The quantitative estimate of drug-likeness (QED) is 0.837. The SMILES string of the molecule is CCCC[C@H](N)C(=O)NC(C)c1ccc(Cl)s1. The topological polar surface area (TPSA) is 55.1 Å². The van der Waals surface area contributed by atoms with Crippen molar-refractivity contribution in [1.82, 2.24) is 5.32 Å². The molecule has 0 saturated carbocycles. The van der Waals surface area contributed by atoms with Crippen molar-refractivity contribution >= 4 is 28.8 Å². The van der Waals surface area contributed by atoms with Crippen LogP contribution in [0.2, 0.25) is 4.34 Å². The molecule has 0 aliphatic rings. The van der Waals surface area contributed by atoms with E-state index in [1.54, 1.807) is 0 Å². The molecule has 0 aliphatic heterocycles. The van der Waals surface area contributed by atoms with E-state index >= 15 is 0 Å². The summed E-state index contributed by atoms with van der Waals surface area (Å²) in [6, 6.07) is 3.32. The summed E-state index contributed by atoms with van der Waals surface area (Å²) in [5.74, 6) is -0.0875. The molecule has 0 fully saturated rings. The number of carbonyl (C=O) groups is 1. The lowest BCUT2D eigenvalue weighted by molar-refractivity contribution is -0.123. The van der Waals surface area contributed by atoms with Crippen LogP contribution in [0.4, 0.5) is 0 Å². The van der Waals surface area contributed by atoms with Crippen molar-refractivity contribution in [2.24, 2.45) is 5.73 Å². The lowest BCUT2D eigenvalue weighted by Gasteiger charge is -2.16. The van der Waals surface area contributed by atoms with Crippen LogP contribution in [0.25, 0.3) is 0 Å². The minimum Gasteiger partial charge on any atom is -0.347 e. The molecule has 17 heavy (non-hydrogen) atoms. The molecule has 2 atom stereocenters. The van der Waals surface area contributed by atoms with Gasteiger partial charge in [0.1, 0.15) is 0 Å². The molecule has 1 aromatic rings. The Morgan fingerprint density at radius 1 is 1.59 bits per heavy atom. The van der Waals surface area contributed by atoms with Gasteiger partial charge in [0, 0.05) is 4.88 Å². The van der Waals surface area contributed by atoms with Crippen LogP contribution in [0.15, 0.2) is 12.1 Å². The number of thiophene rings is 1. The summed E-state index contributed by atoms with van der Waals surface area (Å²) < 4.78 is 0.733. The fourth-order valence-electron chi connectivity index (χ4n) is 1.51. The third kappa shape index (κ3) is 4.66. The summed E-state index contributed by atoms with van der Waals surface area (Å²) in [5, 5.41) is 2.91. The van der Waals surface area contributed by atoms with E-state index in [1.165, 1.54) is 11.3 Å². The maximum Gasteiger partial charge on any atom is 0.237 e. The van der Waals surface area contributed by atoms with Crippen LogP contribution in [0.5, 0.6) is 0 Å². The highest BCUT2D eigenvalue weighted by Gasteiger charge is 2.16. The molecule has 5 heteroatoms. The van der Waals surface area contributed by atoms with E-state index < -0.39 is 6.04 Å². The number of unbranched alkanes of at least 4 members (excludes halogenated alkanes) is 1. The lowest BCUT2D eigenvalue weighted by Crippen LogP contribution is -2.41. The summed E-state index contributed by atoms with van der Waals surface area (Å²) in [4.78, 5) is 12.8. The van der Waals surface area contributed by atoms with Gasteiger partial charge in [-0.1, -0.05) is 31.4 Å². The number of carbonyl (C=O) groups excluding carboxylic acids is 1. The van der Waals surface area contributed by atoms with Crippen LogP contribution >= 0.6 is 22.9 Å². The summed E-state index contributed by atoms with van der Waals surface area (Å²) in [6.07, 6.45) is 2.77. The van der Waals surface area contributed by atoms with Crippen LogP contribution in [0, 0.1) is 0 Å². The van der Waals surface area contributed by atoms with E-state index in [1.807, 2.05) is 19.1 Å². The summed E-state index contributed by atoms with van der Waals surface area (Å²) in [7, 11) is 0. The standard InChI is InChI=1S/C12H19ClN2OS/c1-3-4-5-9(14)12(16)15-8(2)10-6-7-11(13)17-10/h6-9H,3-5,14H2,1-2H3,(H,15,16)/t8?,9-/m0/s1. The number of nitrogens with one attached hydrogen (secondary N) is 1. The first-order valence-corrected chi connectivity index (χ1v) is 7.05. The maximum atomic E-state index is 11.8. The van der Waals surface area contributed by atoms with E-state index in [0.29, 0.717) is 0 Å². The van der Waals surface area contributed by atoms with Crippen LogP contribution < -0.4 is 11.1 Å². The molecule has 1 heterocycles. The first-order valence-electron chi connectivity index (χ1n) is 5.85. The minimum absolute atomic E-state index is 0.0346. The van der Waals surface area contributed by atoms with Crippen LogP contribution in [-0.2, 0) is 4.79 Å². The van der Waals surface area contributed by atoms with Gasteiger partial charge in [-0.25, -0.2) is 0 Å². The van der Waals surface area contributed by atoms with Gasteiger partial charge in [0.05, 0.1) is 16.4 Å². The van der Waals surface area contributed by atoms with Crippen molar-refractivity contribution in [1.29, 1.82) is 0 Å². The Morgan fingerprint density at radius 3 is 2.82 bits per heavy atom. The zero-order valence-corrected chi connectivity index (χ0v) is 11.8. The largest absolute Gasteiger partial charge is 0.347 e. The van der Waals surface area contributed by atoms with Gasteiger partial charge in [0.2, 0.25) is 5.91 Å². The normalized spacial score (nSPS) is 14.4. The molecule has 3 N–H and O–H groups in total. The summed E-state index contributed by atoms with van der Waals surface area (Å²) in [6.45, 7) is 4.02. The van der Waals surface area contributed by atoms with E-state index in [4.69, 9.17) is 17.3 Å². The molecule has 3 nitrogen and oxygen atoms in total. The Morgan fingerprint density at radius 2 is 2.29 bits per heavy atom. The van der Waals surface area contributed by atoms with Gasteiger partial charge in [0.25, 0.3) is 0 Å². The highest BCUT2D eigenvalue weighted by molar-refractivity contribution is 7.16. The van der Waals surface area contributed by atoms with Crippen molar-refractivity contribution in [3.63, 3.8) is 0 Å². The number of hydrogen-bond acceptors (Lipinski definition) is 3. The third-order valence-corrected chi connectivity index (χ3v) is 4.00. The van der Waals surface area contributed by atoms with Crippen molar-refractivity contribution in [3.05, 3.63) is 21.3 Å². The van der Waals surface area contributed by atoms with E-state index in [-0.39, 0.29) is 11.9 Å². The molecular formula is C12H19ClN2OS. The predicted molar refractivity (Wildman–Crippen MR) is 73.4 cm³/mol. The number of hydrogen-bond donors (Lipinski definition) is 2. The Balaban J connectivity index is 2.45. The second-order valence-corrected chi connectivity index (χ2v) is 5.87. The Bertz CT molecular complexity index is 367. The average molecular weight is 275 g/mol. The second-order valence-electron chi connectivity index (χ2n) is 4.12. The number of halogens is 1. The minimum atomic E-state index is -0.409. The van der Waals surface area contributed by atoms with E-state index in [0.717, 1.165) is 28.5 Å². The number of amides is 1. The molecular weight excluding hydrogens is 256 g/mol. The van der Waals surface area contributed by atoms with Crippen molar-refractivity contribution in [2.75, 3.05) is 0 Å². The van der Waals surface area contributed by atoms with Crippen LogP contribution in [-0.4, -0.2) is 11.9 Å². The first kappa shape index (κ1) is 14.5. The second kappa shape index (κ2) is 6.99. The van der Waals surface area contributed by atoms with Gasteiger partial charge in [-0.05, 0) is 25.5 Å². The lowest BCUT2D eigenvalue weighted by atomic mass is 10.1. The zero-order chi connectivity index (χ0) is 12.8. The number of nitrogens with two attached hydrogens (primary N) is 1. The molecule has 0 saturated heterocycles. The highest BCUT2D eigenvalue weighted by atomic mass is 35.5. The average Bonchev–Trinajstić information content (AvgIpc) is 2.72. The fourth-order valence-corrected chi connectivity index (χ4v) is 2.57. The molecule has 0 radical (unpaired) electrons. The molecule has 0 spiro atoms. The molecule has 1 aromatic heterocycles. The maximum absolute atomic E-state index is 11.8. The Hall–Kier alpha value is -0.580. The fraction of sp³-hybridized carbons (Fsp3) is 0.583. The van der Waals surface area contributed by atoms with Crippen molar-refractivity contribution in [3.8, 4) is 0 Å². The van der Waals surface area contributed by atoms with Gasteiger partial charge in [-0.2, -0.15) is 0 Å². The first-order chi connectivity index (χ1) is 8.04. The Kier molecular flexibility index (Phi) is 5.95. The molecule has 96 valence electrons. The molecule has 1 amide bonds. The van der Waals surface area contributed by atoms with Crippen molar-refractivity contribution < 1.29 is 4.79 Å². The number of rotatable bonds is 6. The van der Waals surface area contributed by atoms with Gasteiger partial charge < -0.3 is 11.1 Å². The summed E-state index contributed by atoms with van der Waals surface area (Å²) >= 11 is 7.33. The van der Waals surface area contributed by atoms with E-state index in [2.05, 4.69) is 12.2 Å². The molecule has 0 aliphatic carbocycles. The molecule has 1 unspecified atom stereocenters. The smallest absolute Gasteiger partial charge is 0.237 e. The van der Waals surface area contributed by atoms with Crippen LogP contribution in [0.3, 0.4) is 0 Å². The van der Waals surface area contributed by atoms with Gasteiger partial charge >= 0.3 is 0 Å². The Labute approximate surface area is 111 Å².